The maximum atomic E-state index is 12.4. The van der Waals surface area contributed by atoms with Gasteiger partial charge in [-0.05, 0) is 109 Å². The Morgan fingerprint density at radius 3 is 2.55 bits per heavy atom. The summed E-state index contributed by atoms with van der Waals surface area (Å²) in [5.41, 5.74) is 4.03. The number of phenolic OH excluding ortho intramolecular Hbond substituents is 1. The number of carboxylic acid groups (broad SMARTS) is 1. The molecule has 4 aromatic rings. The van der Waals surface area contributed by atoms with E-state index in [0.717, 1.165) is 62.6 Å². The van der Waals surface area contributed by atoms with E-state index in [1.807, 2.05) is 36.4 Å². The number of likely N-dealkylation sites (tertiary alicyclic amines) is 2. The summed E-state index contributed by atoms with van der Waals surface area (Å²) in [6.45, 7) is 4.13. The lowest BCUT2D eigenvalue weighted by molar-refractivity contribution is -0.146. The largest absolute Gasteiger partial charge is 0.508 e. The van der Waals surface area contributed by atoms with Crippen molar-refractivity contribution in [2.24, 2.45) is 0 Å². The van der Waals surface area contributed by atoms with Crippen molar-refractivity contribution < 1.29 is 29.3 Å². The van der Waals surface area contributed by atoms with Gasteiger partial charge >= 0.3 is 5.97 Å². The number of amides is 1. The number of benzene rings is 3. The van der Waals surface area contributed by atoms with Crippen LogP contribution in [0.3, 0.4) is 0 Å². The van der Waals surface area contributed by atoms with Crippen LogP contribution in [0.4, 0.5) is 0 Å². The highest BCUT2D eigenvalue weighted by molar-refractivity contribution is 7.22. The van der Waals surface area contributed by atoms with Crippen molar-refractivity contribution in [3.8, 4) is 27.7 Å². The summed E-state index contributed by atoms with van der Waals surface area (Å²) in [5, 5.41) is 20.8. The van der Waals surface area contributed by atoms with E-state index in [1.165, 1.54) is 17.7 Å². The molecule has 0 saturated carbocycles. The molecule has 2 aliphatic heterocycles. The Hall–Kier alpha value is -3.79. The monoisotopic (exact) mass is 636 g/mol. The van der Waals surface area contributed by atoms with Crippen LogP contribution >= 0.6 is 23.7 Å². The van der Waals surface area contributed by atoms with Gasteiger partial charge in [0.2, 0.25) is 5.91 Å². The van der Waals surface area contributed by atoms with Crippen LogP contribution in [-0.2, 0) is 22.6 Å². The lowest BCUT2D eigenvalue weighted by Crippen LogP contribution is -2.38. The fraction of sp³-hybridized carbons (Fsp3) is 0.353. The van der Waals surface area contributed by atoms with Crippen molar-refractivity contribution in [1.29, 1.82) is 0 Å². The number of phenols is 1. The molecule has 44 heavy (non-hydrogen) atoms. The molecule has 3 heterocycles. The molecular formula is C34H37ClN2O6S. The van der Waals surface area contributed by atoms with E-state index < -0.39 is 12.0 Å². The number of aliphatic carboxylic acids is 1. The molecule has 2 N–H and O–H groups in total. The maximum absolute atomic E-state index is 12.4. The van der Waals surface area contributed by atoms with E-state index in [4.69, 9.17) is 9.47 Å². The standard InChI is InChI=1S/C34H36N2O6S.ClH/c1-41-30-19-22(4-5-24(30)21-36-29(34(39)40)12-13-32(36)38)18-28-27-11-8-25(37)20-31(27)43-33(28)23-6-9-26(10-7-23)42-17-16-35-14-2-3-15-35;/h4-11,19-20,29,37H,2-3,12-18,21H2,1H3,(H,39,40);1H. The molecule has 1 atom stereocenters. The minimum absolute atomic E-state index is 0. The summed E-state index contributed by atoms with van der Waals surface area (Å²) in [6.07, 6.45) is 3.74. The van der Waals surface area contributed by atoms with E-state index >= 15 is 0 Å². The lowest BCUT2D eigenvalue weighted by Gasteiger charge is -2.23. The molecule has 2 fully saturated rings. The first-order valence-corrected chi connectivity index (χ1v) is 15.6. The number of fused-ring (bicyclic) bond motifs is 1. The Kier molecular flexibility index (Phi) is 9.98. The Bertz CT molecular complexity index is 1630. The Balaban J connectivity index is 0.00000384. The van der Waals surface area contributed by atoms with Crippen LogP contribution in [0, 0.1) is 0 Å². The second kappa shape index (κ2) is 13.9. The van der Waals surface area contributed by atoms with Gasteiger partial charge in [-0.3, -0.25) is 9.69 Å². The van der Waals surface area contributed by atoms with Crippen molar-refractivity contribution in [2.75, 3.05) is 33.4 Å². The third-order valence-corrected chi connectivity index (χ3v) is 9.70. The van der Waals surface area contributed by atoms with Gasteiger partial charge in [-0.25, -0.2) is 4.79 Å². The van der Waals surface area contributed by atoms with E-state index in [9.17, 15) is 19.8 Å². The number of hydrogen-bond acceptors (Lipinski definition) is 7. The number of rotatable bonds is 11. The number of carboxylic acids is 1. The van der Waals surface area contributed by atoms with Crippen LogP contribution in [0.25, 0.3) is 20.5 Å². The normalized spacial score (nSPS) is 16.8. The number of carbonyl (C=O) groups excluding carboxylic acids is 1. The van der Waals surface area contributed by atoms with E-state index in [-0.39, 0.29) is 37.0 Å². The quantitative estimate of drug-likeness (QED) is 0.198. The van der Waals surface area contributed by atoms with Gasteiger partial charge in [0, 0.05) is 28.1 Å². The summed E-state index contributed by atoms with van der Waals surface area (Å²) in [7, 11) is 1.59. The third kappa shape index (κ3) is 6.80. The first-order valence-electron chi connectivity index (χ1n) is 14.8. The Labute approximate surface area is 267 Å². The molecule has 1 amide bonds. The molecule has 1 unspecified atom stereocenters. The molecule has 2 saturated heterocycles. The van der Waals surface area contributed by atoms with Crippen LogP contribution in [0.2, 0.25) is 0 Å². The Morgan fingerprint density at radius 2 is 1.82 bits per heavy atom. The zero-order chi connectivity index (χ0) is 29.9. The smallest absolute Gasteiger partial charge is 0.326 e. The molecule has 0 radical (unpaired) electrons. The molecule has 232 valence electrons. The van der Waals surface area contributed by atoms with Gasteiger partial charge in [-0.15, -0.1) is 23.7 Å². The summed E-state index contributed by atoms with van der Waals surface area (Å²) in [6, 6.07) is 18.8. The van der Waals surface area contributed by atoms with Gasteiger partial charge in [-0.1, -0.05) is 12.1 Å². The molecule has 10 heteroatoms. The molecule has 2 aliphatic rings. The number of thiophene rings is 1. The van der Waals surface area contributed by atoms with Gasteiger partial charge in [0.25, 0.3) is 0 Å². The number of halogens is 1. The summed E-state index contributed by atoms with van der Waals surface area (Å²) >= 11 is 1.65. The summed E-state index contributed by atoms with van der Waals surface area (Å²) in [5.74, 6) is 0.571. The lowest BCUT2D eigenvalue weighted by atomic mass is 9.97. The van der Waals surface area contributed by atoms with Gasteiger partial charge in [-0.2, -0.15) is 0 Å². The zero-order valence-electron chi connectivity index (χ0n) is 24.7. The molecule has 0 bridgehead atoms. The average molecular weight is 637 g/mol. The number of ether oxygens (including phenoxy) is 2. The van der Waals surface area contributed by atoms with Crippen LogP contribution < -0.4 is 9.47 Å². The Morgan fingerprint density at radius 1 is 1.05 bits per heavy atom. The van der Waals surface area contributed by atoms with E-state index in [1.54, 1.807) is 30.6 Å². The van der Waals surface area contributed by atoms with Gasteiger partial charge < -0.3 is 24.6 Å². The van der Waals surface area contributed by atoms with Crippen molar-refractivity contribution in [2.45, 2.75) is 44.7 Å². The van der Waals surface area contributed by atoms with Gasteiger partial charge in [0.15, 0.2) is 0 Å². The van der Waals surface area contributed by atoms with Crippen molar-refractivity contribution in [3.05, 3.63) is 77.4 Å². The number of aromatic hydroxyl groups is 1. The van der Waals surface area contributed by atoms with Crippen molar-refractivity contribution in [1.82, 2.24) is 9.80 Å². The van der Waals surface area contributed by atoms with Crippen molar-refractivity contribution in [3.63, 3.8) is 0 Å². The van der Waals surface area contributed by atoms with E-state index in [0.29, 0.717) is 25.2 Å². The van der Waals surface area contributed by atoms with Crippen molar-refractivity contribution >= 4 is 45.7 Å². The summed E-state index contributed by atoms with van der Waals surface area (Å²) in [4.78, 5) is 29.1. The highest BCUT2D eigenvalue weighted by Gasteiger charge is 2.36. The molecule has 6 rings (SSSR count). The van der Waals surface area contributed by atoms with Gasteiger partial charge in [0.1, 0.15) is 29.9 Å². The van der Waals surface area contributed by atoms with Gasteiger partial charge in [0.05, 0.1) is 13.7 Å². The molecule has 8 nitrogen and oxygen atoms in total. The maximum Gasteiger partial charge on any atom is 0.326 e. The number of nitrogens with zero attached hydrogens (tertiary/aromatic N) is 2. The first-order chi connectivity index (χ1) is 20.9. The molecule has 3 aromatic carbocycles. The molecule has 0 spiro atoms. The fourth-order valence-electron chi connectivity index (χ4n) is 6.15. The van der Waals surface area contributed by atoms with Crippen LogP contribution in [-0.4, -0.2) is 71.3 Å². The van der Waals surface area contributed by atoms with Crippen LogP contribution in [0.1, 0.15) is 42.4 Å². The average Bonchev–Trinajstić information content (AvgIpc) is 3.74. The summed E-state index contributed by atoms with van der Waals surface area (Å²) < 4.78 is 12.7. The second-order valence-electron chi connectivity index (χ2n) is 11.2. The fourth-order valence-corrected chi connectivity index (χ4v) is 7.41. The SMILES string of the molecule is COc1cc(Cc2c(-c3ccc(OCCN4CCCC4)cc3)sc3cc(O)ccc23)ccc1CN1C(=O)CCC1C(=O)O.Cl. The highest BCUT2D eigenvalue weighted by Crippen LogP contribution is 2.42. The molecular weight excluding hydrogens is 600 g/mol. The zero-order valence-corrected chi connectivity index (χ0v) is 26.3. The third-order valence-electron chi connectivity index (χ3n) is 8.45. The van der Waals surface area contributed by atoms with E-state index in [2.05, 4.69) is 17.0 Å². The van der Waals surface area contributed by atoms with Crippen LogP contribution in [0.15, 0.2) is 60.7 Å². The first kappa shape index (κ1) is 31.6. The minimum Gasteiger partial charge on any atom is -0.508 e. The number of carbonyl (C=O) groups is 2. The number of methoxy groups -OCH3 is 1. The highest BCUT2D eigenvalue weighted by atomic mass is 35.5. The topological polar surface area (TPSA) is 99.5 Å². The minimum atomic E-state index is -0.981. The predicted octanol–water partition coefficient (Wildman–Crippen LogP) is 6.35. The van der Waals surface area contributed by atoms with Crippen LogP contribution in [0.5, 0.6) is 17.2 Å². The predicted molar refractivity (Wildman–Crippen MR) is 174 cm³/mol. The second-order valence-corrected chi connectivity index (χ2v) is 12.3. The molecule has 0 aliphatic carbocycles. The molecule has 1 aromatic heterocycles. The number of hydrogen-bond donors (Lipinski definition) is 2.